The highest BCUT2D eigenvalue weighted by molar-refractivity contribution is 5.75. The molecule has 0 bridgehead atoms. The predicted octanol–water partition coefficient (Wildman–Crippen LogP) is 0.660. The van der Waals surface area contributed by atoms with E-state index in [4.69, 9.17) is 11.0 Å². The summed E-state index contributed by atoms with van der Waals surface area (Å²) in [4.78, 5) is 19.2. The van der Waals surface area contributed by atoms with Crippen LogP contribution in [0.1, 0.15) is 23.6 Å². The first-order valence-corrected chi connectivity index (χ1v) is 4.71. The van der Waals surface area contributed by atoms with Crippen molar-refractivity contribution in [2.24, 2.45) is 11.8 Å². The Kier molecular flexibility index (Phi) is 2.66. The molecular formula is C10H12N2O3. The van der Waals surface area contributed by atoms with Gasteiger partial charge in [0, 0.05) is 6.20 Å². The molecule has 2 atom stereocenters. The number of aliphatic carboxylic acids is 1. The normalized spacial score (nSPS) is 23.8. The highest BCUT2D eigenvalue weighted by atomic mass is 16.6. The number of nitrogens with two attached hydrogens (primary N) is 1. The van der Waals surface area contributed by atoms with Crippen LogP contribution in [0.25, 0.3) is 0 Å². The van der Waals surface area contributed by atoms with E-state index in [1.807, 2.05) is 6.07 Å². The lowest BCUT2D eigenvalue weighted by Crippen LogP contribution is -2.02. The number of carboxylic acid groups (broad SMARTS) is 1. The molecule has 5 heteroatoms. The monoisotopic (exact) mass is 208 g/mol. The molecule has 15 heavy (non-hydrogen) atoms. The second-order valence-electron chi connectivity index (χ2n) is 3.68. The van der Waals surface area contributed by atoms with Gasteiger partial charge in [0.1, 0.15) is 6.61 Å². The molecule has 0 aromatic carbocycles. The van der Waals surface area contributed by atoms with Crippen LogP contribution >= 0.6 is 0 Å². The summed E-state index contributed by atoms with van der Waals surface area (Å²) in [5.41, 5.74) is 1.72. The highest BCUT2D eigenvalue weighted by Crippen LogP contribution is 2.47. The first-order valence-electron chi connectivity index (χ1n) is 4.71. The topological polar surface area (TPSA) is 85.4 Å². The van der Waals surface area contributed by atoms with E-state index in [2.05, 4.69) is 9.82 Å². The number of hydrogen-bond acceptors (Lipinski definition) is 4. The van der Waals surface area contributed by atoms with E-state index in [0.717, 1.165) is 11.3 Å². The van der Waals surface area contributed by atoms with E-state index in [0.29, 0.717) is 6.42 Å². The maximum absolute atomic E-state index is 10.7. The van der Waals surface area contributed by atoms with Crippen molar-refractivity contribution in [1.82, 2.24) is 4.98 Å². The van der Waals surface area contributed by atoms with Gasteiger partial charge in [-0.15, -0.1) is 0 Å². The minimum atomic E-state index is -0.727. The summed E-state index contributed by atoms with van der Waals surface area (Å²) in [5, 5.41) is 8.77. The van der Waals surface area contributed by atoms with Crippen LogP contribution in [-0.4, -0.2) is 16.1 Å². The van der Waals surface area contributed by atoms with Gasteiger partial charge in [-0.3, -0.25) is 14.6 Å². The second kappa shape index (κ2) is 3.96. The van der Waals surface area contributed by atoms with Gasteiger partial charge >= 0.3 is 5.97 Å². The van der Waals surface area contributed by atoms with Crippen LogP contribution in [0.2, 0.25) is 0 Å². The van der Waals surface area contributed by atoms with Crippen molar-refractivity contribution in [3.05, 3.63) is 29.6 Å². The molecule has 0 amide bonds. The average molecular weight is 208 g/mol. The minimum Gasteiger partial charge on any atom is -0.481 e. The molecule has 1 heterocycles. The van der Waals surface area contributed by atoms with Crippen LogP contribution in [0.4, 0.5) is 0 Å². The fourth-order valence-electron chi connectivity index (χ4n) is 1.66. The summed E-state index contributed by atoms with van der Waals surface area (Å²) < 4.78 is 0. The molecule has 5 nitrogen and oxygen atoms in total. The molecule has 0 radical (unpaired) electrons. The maximum atomic E-state index is 10.7. The van der Waals surface area contributed by atoms with Crippen molar-refractivity contribution in [3.63, 3.8) is 0 Å². The SMILES string of the molecule is NOCc1ccc(C2CC2C(=O)O)cn1. The van der Waals surface area contributed by atoms with Gasteiger partial charge in [-0.1, -0.05) is 6.07 Å². The van der Waals surface area contributed by atoms with Crippen LogP contribution in [0, 0.1) is 5.92 Å². The molecule has 3 N–H and O–H groups in total. The first-order chi connectivity index (χ1) is 7.22. The molecule has 2 rings (SSSR count). The molecule has 1 aliphatic rings. The van der Waals surface area contributed by atoms with Crippen molar-refractivity contribution in [1.29, 1.82) is 0 Å². The molecule has 0 aliphatic heterocycles. The smallest absolute Gasteiger partial charge is 0.307 e. The minimum absolute atomic E-state index is 0.128. The van der Waals surface area contributed by atoms with E-state index in [-0.39, 0.29) is 18.4 Å². The first kappa shape index (κ1) is 10.1. The molecule has 2 unspecified atom stereocenters. The van der Waals surface area contributed by atoms with Crippen molar-refractivity contribution >= 4 is 5.97 Å². The Balaban J connectivity index is 2.03. The van der Waals surface area contributed by atoms with E-state index < -0.39 is 5.97 Å². The van der Waals surface area contributed by atoms with Gasteiger partial charge in [-0.05, 0) is 24.0 Å². The van der Waals surface area contributed by atoms with Crippen molar-refractivity contribution in [2.75, 3.05) is 0 Å². The van der Waals surface area contributed by atoms with Gasteiger partial charge in [0.25, 0.3) is 0 Å². The average Bonchev–Trinajstić information content (AvgIpc) is 2.99. The Morgan fingerprint density at radius 3 is 2.93 bits per heavy atom. The zero-order valence-corrected chi connectivity index (χ0v) is 8.09. The fraction of sp³-hybridized carbons (Fsp3) is 0.400. The summed E-state index contributed by atoms with van der Waals surface area (Å²) in [6.45, 7) is 0.271. The number of aromatic nitrogens is 1. The Labute approximate surface area is 86.8 Å². The maximum Gasteiger partial charge on any atom is 0.307 e. The summed E-state index contributed by atoms with van der Waals surface area (Å²) >= 11 is 0. The molecule has 0 saturated heterocycles. The summed E-state index contributed by atoms with van der Waals surface area (Å²) in [7, 11) is 0. The van der Waals surface area contributed by atoms with E-state index in [1.54, 1.807) is 12.3 Å². The quantitative estimate of drug-likeness (QED) is 0.710. The Bertz CT molecular complexity index is 363. The van der Waals surface area contributed by atoms with Gasteiger partial charge in [-0.25, -0.2) is 5.90 Å². The Morgan fingerprint density at radius 1 is 1.67 bits per heavy atom. The number of rotatable bonds is 4. The summed E-state index contributed by atoms with van der Waals surface area (Å²) in [5.74, 6) is 4.08. The number of nitrogens with zero attached hydrogens (tertiary/aromatic N) is 1. The van der Waals surface area contributed by atoms with Crippen molar-refractivity contribution in [2.45, 2.75) is 18.9 Å². The van der Waals surface area contributed by atoms with E-state index in [9.17, 15) is 4.79 Å². The zero-order chi connectivity index (χ0) is 10.8. The lowest BCUT2D eigenvalue weighted by molar-refractivity contribution is -0.138. The van der Waals surface area contributed by atoms with Gasteiger partial charge in [0.2, 0.25) is 0 Å². The number of carboxylic acids is 1. The summed E-state index contributed by atoms with van der Waals surface area (Å²) in [6.07, 6.45) is 2.41. The van der Waals surface area contributed by atoms with Crippen LogP contribution in [0.15, 0.2) is 18.3 Å². The third-order valence-corrected chi connectivity index (χ3v) is 2.61. The third kappa shape index (κ3) is 2.14. The lowest BCUT2D eigenvalue weighted by atomic mass is 10.1. The molecular weight excluding hydrogens is 196 g/mol. The largest absolute Gasteiger partial charge is 0.481 e. The molecule has 1 aliphatic carbocycles. The van der Waals surface area contributed by atoms with Crippen LogP contribution < -0.4 is 5.90 Å². The highest BCUT2D eigenvalue weighted by Gasteiger charge is 2.44. The number of hydrogen-bond donors (Lipinski definition) is 2. The molecule has 1 fully saturated rings. The third-order valence-electron chi connectivity index (χ3n) is 2.61. The molecule has 0 spiro atoms. The fourth-order valence-corrected chi connectivity index (χ4v) is 1.66. The Morgan fingerprint density at radius 2 is 2.47 bits per heavy atom. The van der Waals surface area contributed by atoms with Gasteiger partial charge in [0.15, 0.2) is 0 Å². The van der Waals surface area contributed by atoms with Gasteiger partial charge < -0.3 is 5.11 Å². The van der Waals surface area contributed by atoms with Crippen LogP contribution in [0.3, 0.4) is 0 Å². The van der Waals surface area contributed by atoms with Crippen LogP contribution in [0.5, 0.6) is 0 Å². The van der Waals surface area contributed by atoms with Crippen molar-refractivity contribution < 1.29 is 14.7 Å². The van der Waals surface area contributed by atoms with Crippen LogP contribution in [-0.2, 0) is 16.2 Å². The van der Waals surface area contributed by atoms with E-state index >= 15 is 0 Å². The molecule has 1 aromatic rings. The molecule has 1 saturated carbocycles. The second-order valence-corrected chi connectivity index (χ2v) is 3.68. The predicted molar refractivity (Wildman–Crippen MR) is 51.7 cm³/mol. The standard InChI is InChI=1S/C10H12N2O3/c11-15-5-7-2-1-6(4-12-7)8-3-9(8)10(13)14/h1-2,4,8-9H,3,5,11H2,(H,13,14). The number of pyridine rings is 1. The summed E-state index contributed by atoms with van der Waals surface area (Å²) in [6, 6.07) is 3.69. The molecule has 1 aromatic heterocycles. The van der Waals surface area contributed by atoms with Gasteiger partial charge in [-0.2, -0.15) is 0 Å². The number of carbonyl (C=O) groups is 1. The zero-order valence-electron chi connectivity index (χ0n) is 8.09. The lowest BCUT2D eigenvalue weighted by Gasteiger charge is -2.00. The van der Waals surface area contributed by atoms with Crippen molar-refractivity contribution in [3.8, 4) is 0 Å². The molecule has 80 valence electrons. The van der Waals surface area contributed by atoms with E-state index in [1.165, 1.54) is 0 Å². The van der Waals surface area contributed by atoms with Gasteiger partial charge in [0.05, 0.1) is 11.6 Å². The Hall–Kier alpha value is -1.46.